The molecule has 6 heterocycles. The number of aromatic nitrogens is 11. The standard InChI is InChI=1S/C40H37N9O3.C37H21N11O3.C34H24N8O3/c1-22-10-14-30(24(3)18-22)44-37(51)26-12-13-28-27(20-26)21-29(38(52)45-31-15-11-23(2)19-25(31)4)34(50)32(28)46-47-36-33(41-8)35(40(5,6)7)48-49(36)39-42-16-9-17-43-39;1-40-31-20-41-48(37-44-29-12-6-7-13-30(29)45-37)34(31)47-46-32-25-15-14-21(35(50)42-27-10-4-2-8-22(27)18-38)16-24(25)17-26(33(32)49)36(51)43-28-11-5-3-9-23(28)19-39;1-21-11-14-25(15-12-21)39-34(45)27-19-23-18-22(33(44)38-24-8-4-3-5-9-24)13-16-26(23)30(31(27)43)40-41-32-28(35-2)20-37-42(32)29-10-6-7-17-36-29/h9-21,50H,1-7H3,(H,44,51)(H,45,52);2-17,20,49H,(H,42,50)(H,43,51)(H,44,45);3-20,43H,1H3,(H,38,44)(H,39,45). The van der Waals surface area contributed by atoms with Crippen LogP contribution in [0.3, 0.4) is 0 Å². The van der Waals surface area contributed by atoms with Gasteiger partial charge in [-0.3, -0.25) is 28.8 Å². The SMILES string of the molecule is [C-]#[N+]c1c(C(C)(C)C)nn(-c2ncccn2)c1N=Nc1c(O)c(C(=O)Nc2ccc(C)cc2C)cc2cc(C(=O)Nc3ccc(C)cc3C)ccc12.[C-]#[N+]c1cnn(-c2ccccn2)c1N=Nc1c(O)c(C(=O)Nc2ccc(C)cc2)cc2cc(C(=O)Nc3ccccc3)ccc12.[C-]#[N+]c1cnn(-c2nc3ccccc3[nH]2)c1N=Nc1c(O)c(C(=O)Nc2ccccc2C#N)cc2cc(C(=O)Nc3ccccc3C#N)ccc12. The van der Waals surface area contributed by atoms with Crippen molar-refractivity contribution in [2.45, 2.75) is 60.8 Å². The van der Waals surface area contributed by atoms with E-state index in [1.807, 2.05) is 152 Å². The number of phenolic OH excluding ortho intramolecular Hbond substituents is 3. The number of imidazole rings is 1. The highest BCUT2D eigenvalue weighted by molar-refractivity contribution is 6.17. The number of hydrogen-bond acceptors (Lipinski definition) is 24. The van der Waals surface area contributed by atoms with E-state index >= 15 is 0 Å². The average Bonchev–Trinajstić information content (AvgIpc) is 1.74. The zero-order chi connectivity index (χ0) is 104. The van der Waals surface area contributed by atoms with Crippen LogP contribution in [0.5, 0.6) is 17.2 Å². The van der Waals surface area contributed by atoms with E-state index in [4.69, 9.17) is 19.7 Å². The Morgan fingerprint density at radius 1 is 0.399 bits per heavy atom. The van der Waals surface area contributed by atoms with Crippen LogP contribution in [-0.2, 0) is 5.41 Å². The molecule has 0 spiro atoms. The van der Waals surface area contributed by atoms with Gasteiger partial charge in [-0.05, 0) is 213 Å². The number of amides is 6. The summed E-state index contributed by atoms with van der Waals surface area (Å²) in [6.07, 6.45) is 7.32. The van der Waals surface area contributed by atoms with Gasteiger partial charge in [0.2, 0.25) is 5.95 Å². The lowest BCUT2D eigenvalue weighted by Gasteiger charge is -2.15. The third-order valence-corrected chi connectivity index (χ3v) is 23.2. The van der Waals surface area contributed by atoms with Crippen molar-refractivity contribution in [2.24, 2.45) is 30.7 Å². The number of aromatic amines is 1. The molecule has 720 valence electrons. The number of nitrogens with one attached hydrogen (secondary N) is 7. The number of phenols is 3. The number of anilines is 6. The maximum Gasteiger partial charge on any atom is 0.259 e. The molecule has 0 aliphatic heterocycles. The summed E-state index contributed by atoms with van der Waals surface area (Å²) < 4.78 is 3.99. The maximum atomic E-state index is 13.8. The molecule has 0 atom stereocenters. The van der Waals surface area contributed by atoms with Crippen molar-refractivity contribution in [3.05, 3.63) is 404 Å². The van der Waals surface area contributed by atoms with Crippen molar-refractivity contribution in [2.75, 3.05) is 31.9 Å². The van der Waals surface area contributed by atoms with Crippen molar-refractivity contribution in [3.63, 3.8) is 0 Å². The minimum absolute atomic E-state index is 0.00145. The zero-order valence-electron chi connectivity index (χ0n) is 79.9. The predicted molar refractivity (Wildman–Crippen MR) is 560 cm³/mol. The second-order valence-electron chi connectivity index (χ2n) is 34.5. The van der Waals surface area contributed by atoms with Crippen LogP contribution in [0.1, 0.15) is 128 Å². The molecule has 19 rings (SSSR count). The molecule has 0 fully saturated rings. The monoisotopic (exact) mass is 1950 g/mol. The van der Waals surface area contributed by atoms with Gasteiger partial charge in [-0.25, -0.2) is 39.2 Å². The van der Waals surface area contributed by atoms with E-state index in [9.17, 15) is 54.6 Å². The number of pyridine rings is 1. The van der Waals surface area contributed by atoms with Crippen molar-refractivity contribution in [1.82, 2.24) is 54.3 Å². The molecule has 6 amide bonds. The lowest BCUT2D eigenvalue weighted by molar-refractivity contribution is 0.101. The van der Waals surface area contributed by atoms with Crippen LogP contribution in [0.25, 0.3) is 75.6 Å². The van der Waals surface area contributed by atoms with Crippen LogP contribution < -0.4 is 31.9 Å². The van der Waals surface area contributed by atoms with Crippen molar-refractivity contribution < 1.29 is 44.1 Å². The van der Waals surface area contributed by atoms with Gasteiger partial charge in [0.25, 0.3) is 58.5 Å². The molecule has 0 aliphatic carbocycles. The third-order valence-electron chi connectivity index (χ3n) is 23.2. The Morgan fingerprint density at radius 2 is 0.818 bits per heavy atom. The highest BCUT2D eigenvalue weighted by Crippen LogP contribution is 2.48. The summed E-state index contributed by atoms with van der Waals surface area (Å²) in [5.41, 5.74) is 10.1. The third kappa shape index (κ3) is 21.1. The van der Waals surface area contributed by atoms with E-state index < -0.39 is 46.3 Å². The zero-order valence-corrected chi connectivity index (χ0v) is 79.9. The minimum atomic E-state index is -0.763. The fourth-order valence-electron chi connectivity index (χ4n) is 15.8. The Labute approximate surface area is 843 Å². The molecule has 148 heavy (non-hydrogen) atoms. The molecule has 0 aliphatic rings. The number of H-pyrrole nitrogens is 1. The van der Waals surface area contributed by atoms with Gasteiger partial charge in [-0.2, -0.15) is 35.2 Å². The summed E-state index contributed by atoms with van der Waals surface area (Å²) in [5, 5.41) is 112. The lowest BCUT2D eigenvalue weighted by atomic mass is 9.91. The minimum Gasteiger partial charge on any atom is -0.505 e. The van der Waals surface area contributed by atoms with Gasteiger partial charge in [0.05, 0.1) is 88.0 Å². The number of rotatable bonds is 21. The van der Waals surface area contributed by atoms with E-state index in [0.29, 0.717) is 88.9 Å². The molecule has 0 radical (unpaired) electrons. The highest BCUT2D eigenvalue weighted by Gasteiger charge is 2.32. The fourth-order valence-corrected chi connectivity index (χ4v) is 15.8. The molecule has 0 bridgehead atoms. The van der Waals surface area contributed by atoms with Crippen LogP contribution in [0, 0.1) is 77.0 Å². The Hall–Kier alpha value is -21.6. The van der Waals surface area contributed by atoms with E-state index in [1.165, 1.54) is 68.9 Å². The number of carbonyl (C=O) groups is 6. The summed E-state index contributed by atoms with van der Waals surface area (Å²) in [6.45, 7) is 38.7. The second-order valence-corrected chi connectivity index (χ2v) is 34.5. The Morgan fingerprint density at radius 3 is 1.30 bits per heavy atom. The lowest BCUT2D eigenvalue weighted by Crippen LogP contribution is -2.14. The number of hydrogen-bond donors (Lipinski definition) is 10. The normalized spacial score (nSPS) is 11.1. The first kappa shape index (κ1) is 98.1. The molecule has 10 N–H and O–H groups in total. The molecule has 19 aromatic rings. The first-order valence-corrected chi connectivity index (χ1v) is 45.4. The molecule has 37 heteroatoms. The van der Waals surface area contributed by atoms with Gasteiger partial charge in [0.1, 0.15) is 29.2 Å². The molecule has 0 saturated carbocycles. The molecule has 13 aromatic carbocycles. The largest absolute Gasteiger partial charge is 0.505 e. The van der Waals surface area contributed by atoms with E-state index in [-0.39, 0.29) is 114 Å². The van der Waals surface area contributed by atoms with Crippen LogP contribution in [-0.4, -0.2) is 105 Å². The topological polar surface area (TPSA) is 491 Å². The predicted octanol–water partition coefficient (Wildman–Crippen LogP) is 25.2. The van der Waals surface area contributed by atoms with E-state index in [1.54, 1.807) is 152 Å². The van der Waals surface area contributed by atoms with Crippen molar-refractivity contribution in [3.8, 4) is 47.1 Å². The van der Waals surface area contributed by atoms with E-state index in [0.717, 1.165) is 33.3 Å². The number of benzene rings is 13. The number of nitriles is 2. The molecular formula is C111H82N28O9. The summed E-state index contributed by atoms with van der Waals surface area (Å²) >= 11 is 0. The quantitative estimate of drug-likeness (QED) is 0.0236. The van der Waals surface area contributed by atoms with Crippen molar-refractivity contribution in [1.29, 1.82) is 10.5 Å². The second kappa shape index (κ2) is 42.6. The molecule has 0 saturated heterocycles. The maximum absolute atomic E-state index is 13.8. The van der Waals surface area contributed by atoms with Gasteiger partial charge >= 0.3 is 0 Å². The number of azo groups is 3. The van der Waals surface area contributed by atoms with E-state index in [2.05, 4.69) is 117 Å². The van der Waals surface area contributed by atoms with Gasteiger partial charge in [-0.15, -0.1) is 30.7 Å². The number of aryl methyl sites for hydroxylation is 5. The Balaban J connectivity index is 0.000000152. The Kier molecular flexibility index (Phi) is 28.3. The molecular weight excluding hydrogens is 1870 g/mol. The first-order chi connectivity index (χ1) is 71.5. The summed E-state index contributed by atoms with van der Waals surface area (Å²) in [7, 11) is 0. The molecule has 37 nitrogen and oxygen atoms in total. The van der Waals surface area contributed by atoms with Crippen LogP contribution >= 0.6 is 0 Å². The number of para-hydroxylation sites is 5. The fraction of sp³-hybridized carbons (Fsp3) is 0.0811. The highest BCUT2D eigenvalue weighted by atomic mass is 16.3. The van der Waals surface area contributed by atoms with Crippen molar-refractivity contribution >= 4 is 164 Å². The smallest absolute Gasteiger partial charge is 0.259 e. The summed E-state index contributed by atoms with van der Waals surface area (Å²) in [4.78, 5) is 112. The Bertz CT molecular complexity index is 8860. The van der Waals surface area contributed by atoms with Crippen LogP contribution in [0.2, 0.25) is 0 Å². The summed E-state index contributed by atoms with van der Waals surface area (Å²) in [5.74, 6) is -3.59. The number of carbonyl (C=O) groups excluding carboxylic acids is 6. The van der Waals surface area contributed by atoms with Crippen LogP contribution in [0.4, 0.5) is 85.7 Å². The number of aromatic hydroxyl groups is 3. The van der Waals surface area contributed by atoms with Gasteiger partial charge in [-0.1, -0.05) is 153 Å². The van der Waals surface area contributed by atoms with Gasteiger partial charge < -0.3 is 52.2 Å². The first-order valence-electron chi connectivity index (χ1n) is 45.4. The van der Waals surface area contributed by atoms with Gasteiger partial charge in [0.15, 0.2) is 40.5 Å². The van der Waals surface area contributed by atoms with Crippen LogP contribution in [0.15, 0.2) is 323 Å². The van der Waals surface area contributed by atoms with Gasteiger partial charge in [0, 0.05) is 74.2 Å². The molecule has 6 aromatic heterocycles. The number of nitrogens with zero attached hydrogens (tertiary/aromatic N) is 21. The number of fused-ring (bicyclic) bond motifs is 4. The molecule has 0 unspecified atom stereocenters. The summed E-state index contributed by atoms with van der Waals surface area (Å²) in [6, 6.07) is 77.4. The average molecular weight is 1950 g/mol.